The van der Waals surface area contributed by atoms with Gasteiger partial charge in [-0.3, -0.25) is 0 Å². The van der Waals surface area contributed by atoms with E-state index in [1.54, 1.807) is 0 Å². The minimum absolute atomic E-state index is 0.483. The summed E-state index contributed by atoms with van der Waals surface area (Å²) in [7, 11) is 0. The van der Waals surface area contributed by atoms with Crippen LogP contribution in [0.4, 0.5) is 0 Å². The summed E-state index contributed by atoms with van der Waals surface area (Å²) >= 11 is 2.09. The van der Waals surface area contributed by atoms with Gasteiger partial charge < -0.3 is 11.1 Å². The van der Waals surface area contributed by atoms with Gasteiger partial charge in [0.05, 0.1) is 0 Å². The fourth-order valence-electron chi connectivity index (χ4n) is 1.22. The number of rotatable bonds is 4. The highest BCUT2D eigenvalue weighted by molar-refractivity contribution is 8.00. The van der Waals surface area contributed by atoms with Crippen LogP contribution >= 0.6 is 11.8 Å². The highest BCUT2D eigenvalue weighted by Gasteiger charge is 2.15. The maximum Gasteiger partial charge on any atom is 0.0172 e. The van der Waals surface area contributed by atoms with Crippen LogP contribution in [-0.4, -0.2) is 30.1 Å². The van der Waals surface area contributed by atoms with Crippen molar-refractivity contribution in [2.75, 3.05) is 18.8 Å². The van der Waals surface area contributed by atoms with Crippen LogP contribution in [-0.2, 0) is 0 Å². The Kier molecular flexibility index (Phi) is 4.26. The summed E-state index contributed by atoms with van der Waals surface area (Å²) in [6.45, 7) is 4.03. The molecule has 0 aliphatic carbocycles. The third-order valence-corrected chi connectivity index (χ3v) is 3.47. The minimum atomic E-state index is 0.483. The maximum absolute atomic E-state index is 5.49. The Morgan fingerprint density at radius 3 is 3.09 bits per heavy atom. The first-order chi connectivity index (χ1) is 5.33. The molecule has 0 aromatic rings. The lowest BCUT2D eigenvalue weighted by Gasteiger charge is -2.14. The molecule has 0 radical (unpaired) electrons. The fraction of sp³-hybridized carbons (Fsp3) is 1.00. The Morgan fingerprint density at radius 2 is 2.55 bits per heavy atom. The molecule has 0 aromatic carbocycles. The van der Waals surface area contributed by atoms with Crippen LogP contribution in [0.2, 0.25) is 0 Å². The lowest BCUT2D eigenvalue weighted by Crippen LogP contribution is -2.36. The molecule has 2 atom stereocenters. The molecule has 3 N–H and O–H groups in total. The molecule has 1 saturated heterocycles. The van der Waals surface area contributed by atoms with Crippen LogP contribution in [0.1, 0.15) is 19.8 Å². The van der Waals surface area contributed by atoms with Crippen molar-refractivity contribution in [2.24, 2.45) is 5.73 Å². The average molecular weight is 174 g/mol. The van der Waals surface area contributed by atoms with Gasteiger partial charge in [-0.15, -0.1) is 0 Å². The molecule has 11 heavy (non-hydrogen) atoms. The molecular formula is C8H18N2S. The molecule has 3 heteroatoms. The van der Waals surface area contributed by atoms with Gasteiger partial charge in [-0.2, -0.15) is 11.8 Å². The van der Waals surface area contributed by atoms with Crippen molar-refractivity contribution >= 4 is 11.8 Å². The van der Waals surface area contributed by atoms with Gasteiger partial charge in [-0.25, -0.2) is 0 Å². The first-order valence-corrected chi connectivity index (χ1v) is 5.43. The molecule has 66 valence electrons. The van der Waals surface area contributed by atoms with Gasteiger partial charge in [0.15, 0.2) is 0 Å². The number of hydrogen-bond acceptors (Lipinski definition) is 3. The zero-order chi connectivity index (χ0) is 8.10. The van der Waals surface area contributed by atoms with Gasteiger partial charge >= 0.3 is 0 Å². The molecular weight excluding hydrogens is 156 g/mol. The number of thioether (sulfide) groups is 1. The summed E-state index contributed by atoms with van der Waals surface area (Å²) in [4.78, 5) is 0. The van der Waals surface area contributed by atoms with Crippen LogP contribution in [0.25, 0.3) is 0 Å². The van der Waals surface area contributed by atoms with Gasteiger partial charge in [0, 0.05) is 24.4 Å². The van der Waals surface area contributed by atoms with Gasteiger partial charge in [0.1, 0.15) is 0 Å². The van der Waals surface area contributed by atoms with E-state index < -0.39 is 0 Å². The second kappa shape index (κ2) is 5.01. The molecule has 2 nitrogen and oxygen atoms in total. The van der Waals surface area contributed by atoms with E-state index in [9.17, 15) is 0 Å². The summed E-state index contributed by atoms with van der Waals surface area (Å²) in [6, 6.07) is 0.483. The summed E-state index contributed by atoms with van der Waals surface area (Å²) in [5.74, 6) is 1.35. The highest BCUT2D eigenvalue weighted by Crippen LogP contribution is 2.25. The molecule has 2 unspecified atom stereocenters. The fourth-order valence-corrected chi connectivity index (χ4v) is 2.44. The Balaban J connectivity index is 2.01. The van der Waals surface area contributed by atoms with E-state index >= 15 is 0 Å². The van der Waals surface area contributed by atoms with E-state index in [2.05, 4.69) is 24.0 Å². The number of hydrogen-bond donors (Lipinski definition) is 2. The molecule has 1 aliphatic heterocycles. The minimum Gasteiger partial charge on any atom is -0.329 e. The monoisotopic (exact) mass is 174 g/mol. The molecule has 1 aliphatic rings. The molecule has 1 heterocycles. The summed E-state index contributed by atoms with van der Waals surface area (Å²) in [5, 5.41) is 4.28. The Morgan fingerprint density at radius 1 is 1.73 bits per heavy atom. The molecule has 0 amide bonds. The second-order valence-corrected chi connectivity index (χ2v) is 4.59. The van der Waals surface area contributed by atoms with E-state index in [1.165, 1.54) is 18.6 Å². The van der Waals surface area contributed by atoms with Crippen molar-refractivity contribution in [3.63, 3.8) is 0 Å². The Hall–Kier alpha value is 0.270. The van der Waals surface area contributed by atoms with Crippen LogP contribution in [0.15, 0.2) is 0 Å². The average Bonchev–Trinajstić information content (AvgIpc) is 2.52. The van der Waals surface area contributed by atoms with Crippen molar-refractivity contribution in [1.82, 2.24) is 5.32 Å². The third kappa shape index (κ3) is 3.45. The van der Waals surface area contributed by atoms with Crippen LogP contribution in [0.5, 0.6) is 0 Å². The topological polar surface area (TPSA) is 38.0 Å². The lowest BCUT2D eigenvalue weighted by atomic mass is 10.2. The van der Waals surface area contributed by atoms with E-state index in [1.807, 2.05) is 0 Å². The van der Waals surface area contributed by atoms with Gasteiger partial charge in [0.2, 0.25) is 0 Å². The molecule has 0 saturated carbocycles. The van der Waals surface area contributed by atoms with E-state index in [0.29, 0.717) is 6.04 Å². The summed E-state index contributed by atoms with van der Waals surface area (Å²) in [5.41, 5.74) is 5.49. The zero-order valence-electron chi connectivity index (χ0n) is 7.18. The van der Waals surface area contributed by atoms with Crippen molar-refractivity contribution in [1.29, 1.82) is 0 Å². The third-order valence-electron chi connectivity index (χ3n) is 2.07. The van der Waals surface area contributed by atoms with Crippen molar-refractivity contribution in [3.05, 3.63) is 0 Å². The summed E-state index contributed by atoms with van der Waals surface area (Å²) < 4.78 is 0. The zero-order valence-corrected chi connectivity index (χ0v) is 7.99. The quantitative estimate of drug-likeness (QED) is 0.662. The maximum atomic E-state index is 5.49. The Bertz CT molecular complexity index is 102. The van der Waals surface area contributed by atoms with Crippen LogP contribution in [0, 0.1) is 0 Å². The largest absolute Gasteiger partial charge is 0.329 e. The molecule has 1 fully saturated rings. The van der Waals surface area contributed by atoms with Gasteiger partial charge in [0.25, 0.3) is 0 Å². The molecule has 1 rings (SSSR count). The number of nitrogens with two attached hydrogens (primary N) is 1. The highest BCUT2D eigenvalue weighted by atomic mass is 32.2. The van der Waals surface area contributed by atoms with Crippen molar-refractivity contribution in [3.8, 4) is 0 Å². The molecule has 0 aromatic heterocycles. The van der Waals surface area contributed by atoms with E-state index in [0.717, 1.165) is 18.3 Å². The second-order valence-electron chi connectivity index (χ2n) is 3.18. The Labute approximate surface area is 73.3 Å². The first-order valence-electron chi connectivity index (χ1n) is 4.38. The molecule has 0 spiro atoms. The van der Waals surface area contributed by atoms with Crippen LogP contribution < -0.4 is 11.1 Å². The van der Waals surface area contributed by atoms with Gasteiger partial charge in [-0.05, 0) is 25.5 Å². The normalized spacial score (nSPS) is 27.3. The van der Waals surface area contributed by atoms with Crippen molar-refractivity contribution < 1.29 is 0 Å². The summed E-state index contributed by atoms with van der Waals surface area (Å²) in [6.07, 6.45) is 2.78. The lowest BCUT2D eigenvalue weighted by molar-refractivity contribution is 0.545. The molecule has 0 bridgehead atoms. The van der Waals surface area contributed by atoms with Gasteiger partial charge in [-0.1, -0.05) is 0 Å². The smallest absolute Gasteiger partial charge is 0.0172 e. The predicted octanol–water partition coefficient (Wildman–Crippen LogP) is 0.819. The SMILES string of the molecule is CC(CN)NCC1CCCS1. The standard InChI is InChI=1S/C8H18N2S/c1-7(5-9)10-6-8-3-2-4-11-8/h7-8,10H,2-6,9H2,1H3. The first kappa shape index (κ1) is 9.36. The van der Waals surface area contributed by atoms with Crippen LogP contribution in [0.3, 0.4) is 0 Å². The number of nitrogens with one attached hydrogen (secondary N) is 1. The predicted molar refractivity (Wildman–Crippen MR) is 52.0 cm³/mol. The van der Waals surface area contributed by atoms with E-state index in [-0.39, 0.29) is 0 Å². The van der Waals surface area contributed by atoms with E-state index in [4.69, 9.17) is 5.73 Å². The van der Waals surface area contributed by atoms with Crippen molar-refractivity contribution in [2.45, 2.75) is 31.1 Å².